The maximum atomic E-state index is 13.6. The monoisotopic (exact) mass is 312 g/mol. The molecule has 1 aromatic carbocycles. The number of sulfonamides is 1. The van der Waals surface area contributed by atoms with Crippen molar-refractivity contribution in [2.24, 2.45) is 0 Å². The second-order valence-electron chi connectivity index (χ2n) is 4.56. The molecule has 114 valence electrons. The molecule has 0 saturated carbocycles. The van der Waals surface area contributed by atoms with Gasteiger partial charge in [0.2, 0.25) is 10.0 Å². The summed E-state index contributed by atoms with van der Waals surface area (Å²) >= 11 is 0. The lowest BCUT2D eigenvalue weighted by atomic mass is 10.3. The third-order valence-corrected chi connectivity index (χ3v) is 4.51. The van der Waals surface area contributed by atoms with Crippen LogP contribution in [0.2, 0.25) is 0 Å². The topological polar surface area (TPSA) is 90.0 Å². The fraction of sp³-hybridized carbons (Fsp3) is 0.308. The number of anilines is 1. The number of hydrogen-bond acceptors (Lipinski definition) is 4. The zero-order chi connectivity index (χ0) is 15.3. The van der Waals surface area contributed by atoms with Crippen molar-refractivity contribution in [3.8, 4) is 0 Å². The van der Waals surface area contributed by atoms with Crippen LogP contribution in [0.1, 0.15) is 12.8 Å². The van der Waals surface area contributed by atoms with Gasteiger partial charge in [0.1, 0.15) is 10.7 Å². The van der Waals surface area contributed by atoms with E-state index >= 15 is 0 Å². The van der Waals surface area contributed by atoms with E-state index in [0.717, 1.165) is 19.0 Å². The Balaban J connectivity index is 1.87. The zero-order valence-electron chi connectivity index (χ0n) is 11.4. The van der Waals surface area contributed by atoms with Crippen molar-refractivity contribution in [3.05, 3.63) is 42.7 Å². The molecule has 2 rings (SSSR count). The van der Waals surface area contributed by atoms with Crippen LogP contribution in [0.3, 0.4) is 0 Å². The molecule has 6 nitrogen and oxygen atoms in total. The zero-order valence-corrected chi connectivity index (χ0v) is 12.2. The van der Waals surface area contributed by atoms with Gasteiger partial charge in [-0.25, -0.2) is 22.5 Å². The summed E-state index contributed by atoms with van der Waals surface area (Å²) in [5, 5.41) is 0. The van der Waals surface area contributed by atoms with Crippen LogP contribution in [0.5, 0.6) is 0 Å². The quantitative estimate of drug-likeness (QED) is 0.597. The second-order valence-corrected chi connectivity index (χ2v) is 6.27. The lowest BCUT2D eigenvalue weighted by molar-refractivity contribution is 0.550. The summed E-state index contributed by atoms with van der Waals surface area (Å²) in [5.41, 5.74) is 5.44. The molecular formula is C13H17FN4O2S. The SMILES string of the molecule is Nc1cccc(F)c1S(=O)(=O)NCCCCn1ccnc1. The molecule has 3 N–H and O–H groups in total. The molecule has 0 fully saturated rings. The minimum Gasteiger partial charge on any atom is -0.398 e. The number of imidazole rings is 1. The number of benzene rings is 1. The van der Waals surface area contributed by atoms with Crippen molar-refractivity contribution in [1.82, 2.24) is 14.3 Å². The Kier molecular flexibility index (Phi) is 4.92. The van der Waals surface area contributed by atoms with E-state index in [2.05, 4.69) is 9.71 Å². The molecule has 0 amide bonds. The highest BCUT2D eigenvalue weighted by molar-refractivity contribution is 7.89. The summed E-state index contributed by atoms with van der Waals surface area (Å²) in [6.45, 7) is 0.981. The fourth-order valence-electron chi connectivity index (χ4n) is 1.93. The number of aromatic nitrogens is 2. The van der Waals surface area contributed by atoms with Gasteiger partial charge in [-0.15, -0.1) is 0 Å². The molecule has 0 aliphatic rings. The van der Waals surface area contributed by atoms with Gasteiger partial charge < -0.3 is 10.3 Å². The molecule has 0 atom stereocenters. The Morgan fingerprint density at radius 1 is 1.33 bits per heavy atom. The van der Waals surface area contributed by atoms with Gasteiger partial charge in [0.25, 0.3) is 0 Å². The number of hydrogen-bond donors (Lipinski definition) is 2. The van der Waals surface area contributed by atoms with E-state index in [0.29, 0.717) is 6.42 Å². The summed E-state index contributed by atoms with van der Waals surface area (Å²) in [6, 6.07) is 3.80. The van der Waals surface area contributed by atoms with Gasteiger partial charge in [0.15, 0.2) is 0 Å². The summed E-state index contributed by atoms with van der Waals surface area (Å²) in [4.78, 5) is 3.43. The predicted molar refractivity (Wildman–Crippen MR) is 77.5 cm³/mol. The molecular weight excluding hydrogens is 295 g/mol. The molecule has 1 heterocycles. The lowest BCUT2D eigenvalue weighted by Gasteiger charge is -2.10. The Labute approximate surface area is 122 Å². The highest BCUT2D eigenvalue weighted by atomic mass is 32.2. The van der Waals surface area contributed by atoms with E-state index in [1.54, 1.807) is 12.5 Å². The maximum absolute atomic E-state index is 13.6. The van der Waals surface area contributed by atoms with E-state index in [4.69, 9.17) is 5.73 Å². The number of unbranched alkanes of at least 4 members (excludes halogenated alkanes) is 1. The summed E-state index contributed by atoms with van der Waals surface area (Å²) in [5.74, 6) is -0.846. The molecule has 0 spiro atoms. The van der Waals surface area contributed by atoms with Gasteiger partial charge in [-0.1, -0.05) is 6.07 Å². The standard InChI is InChI=1S/C13H17FN4O2S/c14-11-4-3-5-12(15)13(11)21(19,20)17-6-1-2-8-18-9-7-16-10-18/h3-5,7,9-10,17H,1-2,6,8,15H2. The predicted octanol–water partition coefficient (Wildman–Crippen LogP) is 1.36. The van der Waals surface area contributed by atoms with E-state index in [-0.39, 0.29) is 12.2 Å². The molecule has 21 heavy (non-hydrogen) atoms. The van der Waals surface area contributed by atoms with E-state index in [1.165, 1.54) is 12.1 Å². The first kappa shape index (κ1) is 15.5. The summed E-state index contributed by atoms with van der Waals surface area (Å²) in [7, 11) is -3.93. The van der Waals surface area contributed by atoms with Crippen molar-refractivity contribution >= 4 is 15.7 Å². The first-order valence-corrected chi connectivity index (χ1v) is 7.98. The Hall–Kier alpha value is -1.93. The summed E-state index contributed by atoms with van der Waals surface area (Å²) < 4.78 is 41.9. The number of rotatable bonds is 7. The molecule has 8 heteroatoms. The van der Waals surface area contributed by atoms with Crippen LogP contribution in [0.15, 0.2) is 41.8 Å². The Morgan fingerprint density at radius 2 is 2.14 bits per heavy atom. The van der Waals surface area contributed by atoms with Gasteiger partial charge in [0.05, 0.1) is 12.0 Å². The number of nitrogen functional groups attached to an aromatic ring is 1. The number of nitrogens with two attached hydrogens (primary N) is 1. The van der Waals surface area contributed by atoms with Crippen LogP contribution >= 0.6 is 0 Å². The van der Waals surface area contributed by atoms with Crippen LogP contribution in [-0.4, -0.2) is 24.5 Å². The average molecular weight is 312 g/mol. The van der Waals surface area contributed by atoms with Crippen molar-refractivity contribution < 1.29 is 12.8 Å². The van der Waals surface area contributed by atoms with Gasteiger partial charge in [-0.3, -0.25) is 0 Å². The van der Waals surface area contributed by atoms with Crippen LogP contribution in [0.25, 0.3) is 0 Å². The third-order valence-electron chi connectivity index (χ3n) is 2.96. The molecule has 0 aliphatic carbocycles. The molecule has 1 aromatic heterocycles. The molecule has 2 aromatic rings. The summed E-state index contributed by atoms with van der Waals surface area (Å²) in [6.07, 6.45) is 6.63. The second kappa shape index (κ2) is 6.68. The van der Waals surface area contributed by atoms with Crippen molar-refractivity contribution in [3.63, 3.8) is 0 Å². The lowest BCUT2D eigenvalue weighted by Crippen LogP contribution is -2.26. The minimum atomic E-state index is -3.93. The van der Waals surface area contributed by atoms with Crippen molar-refractivity contribution in [2.75, 3.05) is 12.3 Å². The molecule has 0 bridgehead atoms. The van der Waals surface area contributed by atoms with E-state index in [1.807, 2.05) is 10.8 Å². The van der Waals surface area contributed by atoms with Crippen LogP contribution in [0.4, 0.5) is 10.1 Å². The Bertz CT molecular complexity index is 666. The van der Waals surface area contributed by atoms with Gasteiger partial charge in [0, 0.05) is 25.5 Å². The van der Waals surface area contributed by atoms with Crippen LogP contribution < -0.4 is 10.5 Å². The highest BCUT2D eigenvalue weighted by Gasteiger charge is 2.21. The minimum absolute atomic E-state index is 0.0964. The van der Waals surface area contributed by atoms with Gasteiger partial charge in [-0.05, 0) is 25.0 Å². The number of nitrogens with zero attached hydrogens (tertiary/aromatic N) is 2. The van der Waals surface area contributed by atoms with E-state index in [9.17, 15) is 12.8 Å². The largest absolute Gasteiger partial charge is 0.398 e. The van der Waals surface area contributed by atoms with E-state index < -0.39 is 20.7 Å². The molecule has 0 radical (unpaired) electrons. The van der Waals surface area contributed by atoms with Crippen LogP contribution in [-0.2, 0) is 16.6 Å². The molecule has 0 saturated heterocycles. The fourth-order valence-corrected chi connectivity index (χ4v) is 3.19. The molecule has 0 aliphatic heterocycles. The number of nitrogens with one attached hydrogen (secondary N) is 1. The molecule has 0 unspecified atom stereocenters. The number of halogens is 1. The first-order chi connectivity index (χ1) is 10.0. The first-order valence-electron chi connectivity index (χ1n) is 6.50. The van der Waals surface area contributed by atoms with Gasteiger partial charge in [-0.2, -0.15) is 0 Å². The van der Waals surface area contributed by atoms with Crippen molar-refractivity contribution in [1.29, 1.82) is 0 Å². The van der Waals surface area contributed by atoms with Gasteiger partial charge >= 0.3 is 0 Å². The number of aryl methyl sites for hydroxylation is 1. The maximum Gasteiger partial charge on any atom is 0.245 e. The smallest absolute Gasteiger partial charge is 0.245 e. The highest BCUT2D eigenvalue weighted by Crippen LogP contribution is 2.21. The van der Waals surface area contributed by atoms with Crippen molar-refractivity contribution in [2.45, 2.75) is 24.3 Å². The normalized spacial score (nSPS) is 11.7. The average Bonchev–Trinajstić information content (AvgIpc) is 2.91. The Morgan fingerprint density at radius 3 is 2.81 bits per heavy atom. The van der Waals surface area contributed by atoms with Crippen LogP contribution in [0, 0.1) is 5.82 Å². The third kappa shape index (κ3) is 4.02.